The smallest absolute Gasteiger partial charge is 0.227 e. The molecule has 0 radical (unpaired) electrons. The Hall–Kier alpha value is -1.66. The number of carbonyl (C=O) groups is 1. The van der Waals surface area contributed by atoms with Crippen LogP contribution in [0.2, 0.25) is 0 Å². The third-order valence-electron chi connectivity index (χ3n) is 4.04. The van der Waals surface area contributed by atoms with Crippen LogP contribution in [0.15, 0.2) is 24.3 Å². The molecular formula is C16H23FN2O3. The van der Waals surface area contributed by atoms with Gasteiger partial charge >= 0.3 is 0 Å². The lowest BCUT2D eigenvalue weighted by atomic mass is 9.79. The van der Waals surface area contributed by atoms with Gasteiger partial charge < -0.3 is 20.5 Å². The number of para-hydroxylation sites is 1. The Bertz CT molecular complexity index is 504. The number of rotatable bonds is 6. The van der Waals surface area contributed by atoms with E-state index in [0.29, 0.717) is 39.1 Å². The summed E-state index contributed by atoms with van der Waals surface area (Å²) in [6, 6.07) is 6.21. The van der Waals surface area contributed by atoms with E-state index in [9.17, 15) is 9.18 Å². The summed E-state index contributed by atoms with van der Waals surface area (Å²) in [5.41, 5.74) is 5.23. The summed E-state index contributed by atoms with van der Waals surface area (Å²) in [4.78, 5) is 12.4. The van der Waals surface area contributed by atoms with E-state index in [1.54, 1.807) is 25.1 Å². The fourth-order valence-electron chi connectivity index (χ4n) is 2.51. The number of amides is 1. The molecule has 22 heavy (non-hydrogen) atoms. The summed E-state index contributed by atoms with van der Waals surface area (Å²) in [5, 5.41) is 2.86. The minimum atomic E-state index is -0.560. The highest BCUT2D eigenvalue weighted by Crippen LogP contribution is 2.29. The number of halogens is 1. The quantitative estimate of drug-likeness (QED) is 0.834. The van der Waals surface area contributed by atoms with Crippen LogP contribution in [0.4, 0.5) is 4.39 Å². The molecule has 122 valence electrons. The Kier molecular flexibility index (Phi) is 5.74. The molecule has 1 aromatic carbocycles. The van der Waals surface area contributed by atoms with Gasteiger partial charge in [0.2, 0.25) is 5.91 Å². The number of hydrogen-bond acceptors (Lipinski definition) is 4. The molecule has 1 heterocycles. The van der Waals surface area contributed by atoms with Gasteiger partial charge in [0.05, 0.1) is 12.0 Å². The predicted octanol–water partition coefficient (Wildman–Crippen LogP) is 1.46. The topological polar surface area (TPSA) is 73.6 Å². The van der Waals surface area contributed by atoms with E-state index in [1.165, 1.54) is 6.07 Å². The third kappa shape index (κ3) is 3.96. The molecular weight excluding hydrogens is 287 g/mol. The zero-order valence-corrected chi connectivity index (χ0v) is 12.8. The van der Waals surface area contributed by atoms with Crippen molar-refractivity contribution < 1.29 is 18.7 Å². The number of carbonyl (C=O) groups excluding carboxylic acids is 1. The maximum Gasteiger partial charge on any atom is 0.227 e. The summed E-state index contributed by atoms with van der Waals surface area (Å²) < 4.78 is 24.3. The van der Waals surface area contributed by atoms with Gasteiger partial charge in [-0.15, -0.1) is 0 Å². The largest absolute Gasteiger partial charge is 0.486 e. The van der Waals surface area contributed by atoms with E-state index in [-0.39, 0.29) is 17.8 Å². The van der Waals surface area contributed by atoms with Crippen LogP contribution in [0.3, 0.4) is 0 Å². The third-order valence-corrected chi connectivity index (χ3v) is 4.04. The molecule has 0 spiro atoms. The Labute approximate surface area is 130 Å². The van der Waals surface area contributed by atoms with E-state index in [4.69, 9.17) is 15.2 Å². The van der Waals surface area contributed by atoms with Crippen molar-refractivity contribution in [3.63, 3.8) is 0 Å². The van der Waals surface area contributed by atoms with Crippen LogP contribution in [-0.4, -0.2) is 38.3 Å². The second-order valence-corrected chi connectivity index (χ2v) is 5.67. The average Bonchev–Trinajstić information content (AvgIpc) is 2.55. The zero-order valence-electron chi connectivity index (χ0n) is 12.8. The minimum absolute atomic E-state index is 0.0812. The van der Waals surface area contributed by atoms with Crippen molar-refractivity contribution in [2.75, 3.05) is 26.3 Å². The Morgan fingerprint density at radius 1 is 1.45 bits per heavy atom. The molecule has 5 nitrogen and oxygen atoms in total. The van der Waals surface area contributed by atoms with Crippen molar-refractivity contribution in [2.24, 2.45) is 11.1 Å². The van der Waals surface area contributed by atoms with Gasteiger partial charge in [-0.25, -0.2) is 4.39 Å². The maximum atomic E-state index is 13.5. The highest BCUT2D eigenvalue weighted by atomic mass is 19.1. The molecule has 1 saturated heterocycles. The summed E-state index contributed by atoms with van der Waals surface area (Å²) in [6.07, 6.45) is 0.908. The monoisotopic (exact) mass is 310 g/mol. The Balaban J connectivity index is 1.86. The molecule has 3 N–H and O–H groups in total. The molecule has 1 amide bonds. The standard InChI is InChI=1S/C16H23FN2O3/c1-12(22-14-5-3-2-4-13(14)17)10-19-15(20)16(11-18)6-8-21-9-7-16/h2-5,12H,6-11,18H2,1H3,(H,19,20). The van der Waals surface area contributed by atoms with E-state index < -0.39 is 11.2 Å². The van der Waals surface area contributed by atoms with Gasteiger partial charge in [0.1, 0.15) is 6.10 Å². The maximum absolute atomic E-state index is 13.5. The van der Waals surface area contributed by atoms with Crippen molar-refractivity contribution in [1.29, 1.82) is 0 Å². The van der Waals surface area contributed by atoms with Crippen molar-refractivity contribution in [3.05, 3.63) is 30.1 Å². The zero-order chi connectivity index (χ0) is 16.0. The first-order chi connectivity index (χ1) is 10.6. The number of ether oxygens (including phenoxy) is 2. The highest BCUT2D eigenvalue weighted by molar-refractivity contribution is 5.83. The van der Waals surface area contributed by atoms with Gasteiger partial charge in [0.15, 0.2) is 11.6 Å². The van der Waals surface area contributed by atoms with Gasteiger partial charge in [-0.2, -0.15) is 0 Å². The Morgan fingerprint density at radius 3 is 2.77 bits per heavy atom. The van der Waals surface area contributed by atoms with Crippen molar-refractivity contribution >= 4 is 5.91 Å². The lowest BCUT2D eigenvalue weighted by Crippen LogP contribution is -2.50. The Morgan fingerprint density at radius 2 is 2.14 bits per heavy atom. The predicted molar refractivity (Wildman–Crippen MR) is 81.0 cm³/mol. The molecule has 0 saturated carbocycles. The van der Waals surface area contributed by atoms with Crippen LogP contribution in [0.5, 0.6) is 5.75 Å². The highest BCUT2D eigenvalue weighted by Gasteiger charge is 2.38. The molecule has 1 aromatic rings. The number of nitrogens with one attached hydrogen (secondary N) is 1. The van der Waals surface area contributed by atoms with Crippen LogP contribution in [0, 0.1) is 11.2 Å². The summed E-state index contributed by atoms with van der Waals surface area (Å²) in [5.74, 6) is -0.310. The molecule has 0 bridgehead atoms. The molecule has 2 rings (SSSR count). The van der Waals surface area contributed by atoms with Gasteiger partial charge in [0.25, 0.3) is 0 Å². The number of nitrogens with two attached hydrogens (primary N) is 1. The molecule has 1 unspecified atom stereocenters. The molecule has 1 atom stereocenters. The molecule has 0 aliphatic carbocycles. The van der Waals surface area contributed by atoms with Gasteiger partial charge in [-0.3, -0.25) is 4.79 Å². The first-order valence-corrected chi connectivity index (χ1v) is 7.55. The lowest BCUT2D eigenvalue weighted by Gasteiger charge is -2.34. The fourth-order valence-corrected chi connectivity index (χ4v) is 2.51. The molecule has 6 heteroatoms. The second-order valence-electron chi connectivity index (χ2n) is 5.67. The fraction of sp³-hybridized carbons (Fsp3) is 0.562. The normalized spacial score (nSPS) is 18.5. The first kappa shape index (κ1) is 16.7. The van der Waals surface area contributed by atoms with Gasteiger partial charge in [-0.05, 0) is 31.9 Å². The van der Waals surface area contributed by atoms with Crippen molar-refractivity contribution in [3.8, 4) is 5.75 Å². The van der Waals surface area contributed by atoms with Crippen LogP contribution < -0.4 is 15.8 Å². The molecule has 1 aliphatic rings. The summed E-state index contributed by atoms with van der Waals surface area (Å²) in [7, 11) is 0. The van der Waals surface area contributed by atoms with E-state index in [0.717, 1.165) is 0 Å². The van der Waals surface area contributed by atoms with E-state index >= 15 is 0 Å². The molecule has 1 aliphatic heterocycles. The van der Waals surface area contributed by atoms with E-state index in [1.807, 2.05) is 0 Å². The second kappa shape index (κ2) is 7.56. The number of benzene rings is 1. The molecule has 0 aromatic heterocycles. The van der Waals surface area contributed by atoms with Crippen LogP contribution in [0.1, 0.15) is 19.8 Å². The average molecular weight is 310 g/mol. The van der Waals surface area contributed by atoms with Crippen LogP contribution in [-0.2, 0) is 9.53 Å². The van der Waals surface area contributed by atoms with Crippen molar-refractivity contribution in [2.45, 2.75) is 25.9 Å². The van der Waals surface area contributed by atoms with Gasteiger partial charge in [-0.1, -0.05) is 12.1 Å². The van der Waals surface area contributed by atoms with Crippen LogP contribution >= 0.6 is 0 Å². The minimum Gasteiger partial charge on any atom is -0.486 e. The number of hydrogen-bond donors (Lipinski definition) is 2. The lowest BCUT2D eigenvalue weighted by molar-refractivity contribution is -0.136. The van der Waals surface area contributed by atoms with Gasteiger partial charge in [0, 0.05) is 19.8 Å². The van der Waals surface area contributed by atoms with E-state index in [2.05, 4.69) is 5.32 Å². The summed E-state index contributed by atoms with van der Waals surface area (Å²) >= 11 is 0. The molecule has 1 fully saturated rings. The van der Waals surface area contributed by atoms with Crippen molar-refractivity contribution in [1.82, 2.24) is 5.32 Å². The van der Waals surface area contributed by atoms with Crippen LogP contribution in [0.25, 0.3) is 0 Å². The first-order valence-electron chi connectivity index (χ1n) is 7.55. The summed E-state index contributed by atoms with van der Waals surface area (Å²) in [6.45, 7) is 3.48. The SMILES string of the molecule is CC(CNC(=O)C1(CN)CCOCC1)Oc1ccccc1F.